The minimum absolute atomic E-state index is 0.0694. The van der Waals surface area contributed by atoms with Crippen molar-refractivity contribution in [1.29, 1.82) is 0 Å². The van der Waals surface area contributed by atoms with E-state index in [-0.39, 0.29) is 17.4 Å². The molecule has 1 aromatic heterocycles. The fraction of sp³-hybridized carbons (Fsp3) is 0.667. The minimum atomic E-state index is -0.176. The summed E-state index contributed by atoms with van der Waals surface area (Å²) in [5.74, 6) is 0.486. The molecule has 6 heteroatoms. The lowest BCUT2D eigenvalue weighted by molar-refractivity contribution is 0.0776. The SMILES string of the molecule is CCC1CCN(C(=O)c2nonc2N)C1. The molecule has 0 aromatic carbocycles. The number of nitrogens with two attached hydrogens (primary N) is 1. The Hall–Kier alpha value is -1.59. The van der Waals surface area contributed by atoms with Gasteiger partial charge in [0.05, 0.1) is 0 Å². The van der Waals surface area contributed by atoms with Gasteiger partial charge in [0.15, 0.2) is 0 Å². The van der Waals surface area contributed by atoms with Crippen molar-refractivity contribution in [1.82, 2.24) is 15.2 Å². The molecule has 0 aliphatic carbocycles. The van der Waals surface area contributed by atoms with Crippen molar-refractivity contribution in [2.45, 2.75) is 19.8 Å². The molecule has 0 bridgehead atoms. The van der Waals surface area contributed by atoms with Crippen molar-refractivity contribution in [3.05, 3.63) is 5.69 Å². The zero-order chi connectivity index (χ0) is 10.8. The molecule has 1 aliphatic heterocycles. The summed E-state index contributed by atoms with van der Waals surface area (Å²) < 4.78 is 4.41. The van der Waals surface area contributed by atoms with Gasteiger partial charge < -0.3 is 10.6 Å². The van der Waals surface area contributed by atoms with Gasteiger partial charge in [-0.1, -0.05) is 13.3 Å². The molecule has 1 fully saturated rings. The molecule has 1 unspecified atom stereocenters. The Bertz CT molecular complexity index is 363. The Morgan fingerprint density at radius 1 is 1.67 bits per heavy atom. The van der Waals surface area contributed by atoms with Crippen molar-refractivity contribution in [2.75, 3.05) is 18.8 Å². The molecule has 1 aliphatic rings. The lowest BCUT2D eigenvalue weighted by atomic mass is 10.1. The first-order chi connectivity index (χ1) is 7.22. The van der Waals surface area contributed by atoms with Gasteiger partial charge in [0.1, 0.15) is 0 Å². The minimum Gasteiger partial charge on any atom is -0.379 e. The van der Waals surface area contributed by atoms with Gasteiger partial charge in [-0.25, -0.2) is 4.63 Å². The molecule has 2 heterocycles. The van der Waals surface area contributed by atoms with Crippen LogP contribution in [0.4, 0.5) is 5.82 Å². The zero-order valence-electron chi connectivity index (χ0n) is 8.64. The van der Waals surface area contributed by atoms with E-state index in [1.807, 2.05) is 0 Å². The van der Waals surface area contributed by atoms with Crippen molar-refractivity contribution < 1.29 is 9.42 Å². The fourth-order valence-electron chi connectivity index (χ4n) is 1.84. The van der Waals surface area contributed by atoms with Crippen LogP contribution in [0.15, 0.2) is 4.63 Å². The number of aromatic nitrogens is 2. The standard InChI is InChI=1S/C9H14N4O2/c1-2-6-3-4-13(5-6)9(14)7-8(10)12-15-11-7/h6H,2-5H2,1H3,(H2,10,12). The Morgan fingerprint density at radius 3 is 3.00 bits per heavy atom. The van der Waals surface area contributed by atoms with Crippen LogP contribution in [0.3, 0.4) is 0 Å². The van der Waals surface area contributed by atoms with E-state index in [0.29, 0.717) is 5.92 Å². The quantitative estimate of drug-likeness (QED) is 0.769. The van der Waals surface area contributed by atoms with Gasteiger partial charge >= 0.3 is 0 Å². The number of nitrogens with zero attached hydrogens (tertiary/aromatic N) is 3. The first-order valence-electron chi connectivity index (χ1n) is 5.09. The maximum absolute atomic E-state index is 11.9. The lowest BCUT2D eigenvalue weighted by Crippen LogP contribution is -2.29. The summed E-state index contributed by atoms with van der Waals surface area (Å²) in [4.78, 5) is 13.6. The maximum Gasteiger partial charge on any atom is 0.280 e. The van der Waals surface area contributed by atoms with Crippen LogP contribution < -0.4 is 5.73 Å². The molecule has 2 N–H and O–H groups in total. The number of hydrogen-bond donors (Lipinski definition) is 1. The third kappa shape index (κ3) is 1.79. The average molecular weight is 210 g/mol. The van der Waals surface area contributed by atoms with Gasteiger partial charge in [0, 0.05) is 13.1 Å². The van der Waals surface area contributed by atoms with Crippen LogP contribution in [0.5, 0.6) is 0 Å². The third-order valence-electron chi connectivity index (χ3n) is 2.87. The van der Waals surface area contributed by atoms with Crippen LogP contribution in [0, 0.1) is 5.92 Å². The Balaban J connectivity index is 2.07. The number of likely N-dealkylation sites (tertiary alicyclic amines) is 1. The highest BCUT2D eigenvalue weighted by atomic mass is 16.6. The number of carbonyl (C=O) groups excluding carboxylic acids is 1. The van der Waals surface area contributed by atoms with E-state index in [1.54, 1.807) is 4.90 Å². The summed E-state index contributed by atoms with van der Waals surface area (Å²) in [7, 11) is 0. The highest BCUT2D eigenvalue weighted by Gasteiger charge is 2.29. The summed E-state index contributed by atoms with van der Waals surface area (Å²) in [6.45, 7) is 3.68. The number of amides is 1. The molecular formula is C9H14N4O2. The topological polar surface area (TPSA) is 85.2 Å². The average Bonchev–Trinajstić information content (AvgIpc) is 2.84. The molecule has 1 aromatic rings. The van der Waals surface area contributed by atoms with E-state index in [0.717, 1.165) is 25.9 Å². The largest absolute Gasteiger partial charge is 0.379 e. The van der Waals surface area contributed by atoms with Gasteiger partial charge in [-0.2, -0.15) is 0 Å². The highest BCUT2D eigenvalue weighted by Crippen LogP contribution is 2.21. The van der Waals surface area contributed by atoms with E-state index in [9.17, 15) is 4.79 Å². The van der Waals surface area contributed by atoms with E-state index in [2.05, 4.69) is 21.9 Å². The second-order valence-electron chi connectivity index (χ2n) is 3.81. The molecule has 82 valence electrons. The van der Waals surface area contributed by atoms with E-state index >= 15 is 0 Å². The molecule has 1 amide bonds. The molecule has 2 rings (SSSR count). The Morgan fingerprint density at radius 2 is 2.47 bits per heavy atom. The molecule has 0 radical (unpaired) electrons. The van der Waals surface area contributed by atoms with Crippen molar-refractivity contribution >= 4 is 11.7 Å². The van der Waals surface area contributed by atoms with Crippen LogP contribution in [0.1, 0.15) is 30.3 Å². The van der Waals surface area contributed by atoms with Gasteiger partial charge in [0.25, 0.3) is 5.91 Å². The summed E-state index contributed by atoms with van der Waals surface area (Å²) in [6.07, 6.45) is 2.14. The number of hydrogen-bond acceptors (Lipinski definition) is 5. The third-order valence-corrected chi connectivity index (χ3v) is 2.87. The predicted octanol–water partition coefficient (Wildman–Crippen LogP) is 0.524. The van der Waals surface area contributed by atoms with Gasteiger partial charge in [0.2, 0.25) is 11.5 Å². The summed E-state index contributed by atoms with van der Waals surface area (Å²) in [5.41, 5.74) is 5.59. The monoisotopic (exact) mass is 210 g/mol. The van der Waals surface area contributed by atoms with Gasteiger partial charge in [-0.3, -0.25) is 4.79 Å². The van der Waals surface area contributed by atoms with Crippen LogP contribution in [-0.4, -0.2) is 34.2 Å². The van der Waals surface area contributed by atoms with E-state index < -0.39 is 0 Å². The summed E-state index contributed by atoms with van der Waals surface area (Å²) in [5, 5.41) is 6.90. The van der Waals surface area contributed by atoms with Gasteiger partial charge in [-0.05, 0) is 22.7 Å². The van der Waals surface area contributed by atoms with E-state index in [1.165, 1.54) is 0 Å². The van der Waals surface area contributed by atoms with Crippen LogP contribution in [-0.2, 0) is 0 Å². The summed E-state index contributed by atoms with van der Waals surface area (Å²) in [6, 6.07) is 0. The smallest absolute Gasteiger partial charge is 0.280 e. The second kappa shape index (κ2) is 3.88. The van der Waals surface area contributed by atoms with Crippen LogP contribution in [0.2, 0.25) is 0 Å². The number of anilines is 1. The molecule has 0 spiro atoms. The number of nitrogen functional groups attached to an aromatic ring is 1. The van der Waals surface area contributed by atoms with Crippen molar-refractivity contribution in [3.63, 3.8) is 0 Å². The molecule has 15 heavy (non-hydrogen) atoms. The molecule has 0 saturated carbocycles. The lowest BCUT2D eigenvalue weighted by Gasteiger charge is -2.14. The van der Waals surface area contributed by atoms with Crippen LogP contribution >= 0.6 is 0 Å². The zero-order valence-corrected chi connectivity index (χ0v) is 8.64. The first kappa shape index (κ1) is 9.95. The molecule has 1 saturated heterocycles. The highest BCUT2D eigenvalue weighted by molar-refractivity contribution is 5.96. The normalized spacial score (nSPS) is 20.9. The van der Waals surface area contributed by atoms with Crippen molar-refractivity contribution in [2.24, 2.45) is 5.92 Å². The van der Waals surface area contributed by atoms with E-state index in [4.69, 9.17) is 5.73 Å². The number of rotatable bonds is 2. The Kier molecular flexibility index (Phi) is 2.57. The van der Waals surface area contributed by atoms with Crippen LogP contribution in [0.25, 0.3) is 0 Å². The predicted molar refractivity (Wildman–Crippen MR) is 53.0 cm³/mol. The summed E-state index contributed by atoms with van der Waals surface area (Å²) >= 11 is 0. The first-order valence-corrected chi connectivity index (χ1v) is 5.09. The second-order valence-corrected chi connectivity index (χ2v) is 3.81. The fourth-order valence-corrected chi connectivity index (χ4v) is 1.84. The maximum atomic E-state index is 11.9. The van der Waals surface area contributed by atoms with Crippen molar-refractivity contribution in [3.8, 4) is 0 Å². The molecule has 1 atom stereocenters. The molecule has 6 nitrogen and oxygen atoms in total. The number of carbonyl (C=O) groups is 1. The Labute approximate surface area is 87.4 Å². The molecular weight excluding hydrogens is 196 g/mol. The van der Waals surface area contributed by atoms with Gasteiger partial charge in [-0.15, -0.1) is 0 Å².